The fourth-order valence-corrected chi connectivity index (χ4v) is 2.88. The van der Waals surface area contributed by atoms with Crippen molar-refractivity contribution in [3.63, 3.8) is 0 Å². The van der Waals surface area contributed by atoms with Gasteiger partial charge in [0.2, 0.25) is 5.91 Å². The van der Waals surface area contributed by atoms with Gasteiger partial charge in [0.1, 0.15) is 0 Å². The Morgan fingerprint density at radius 1 is 1.47 bits per heavy atom. The first-order valence-corrected chi connectivity index (χ1v) is 7.25. The van der Waals surface area contributed by atoms with E-state index in [4.69, 9.17) is 5.73 Å². The molecular weight excluding hydrogens is 236 g/mol. The summed E-state index contributed by atoms with van der Waals surface area (Å²) in [4.78, 5) is 14.6. The number of fused-ring (bicyclic) bond motifs is 1. The second-order valence-corrected chi connectivity index (χ2v) is 5.51. The average Bonchev–Trinajstić information content (AvgIpc) is 2.43. The van der Waals surface area contributed by atoms with Crippen LogP contribution in [0.25, 0.3) is 0 Å². The molecule has 2 N–H and O–H groups in total. The first-order valence-electron chi connectivity index (χ1n) is 7.25. The molecule has 3 nitrogen and oxygen atoms in total. The number of amides is 1. The summed E-state index contributed by atoms with van der Waals surface area (Å²) in [6.45, 7) is 5.62. The minimum absolute atomic E-state index is 0.0640. The lowest BCUT2D eigenvalue weighted by Gasteiger charge is -2.33. The first kappa shape index (κ1) is 14.1. The molecule has 1 aliphatic heterocycles. The van der Waals surface area contributed by atoms with E-state index >= 15 is 0 Å². The summed E-state index contributed by atoms with van der Waals surface area (Å²) >= 11 is 0. The molecule has 1 aromatic rings. The zero-order chi connectivity index (χ0) is 13.8. The second-order valence-electron chi connectivity index (χ2n) is 5.51. The summed E-state index contributed by atoms with van der Waals surface area (Å²) in [5.74, 6) is 0.317. The molecule has 0 aromatic heterocycles. The lowest BCUT2D eigenvalue weighted by atomic mass is 9.95. The van der Waals surface area contributed by atoms with E-state index in [1.54, 1.807) is 0 Å². The van der Waals surface area contributed by atoms with E-state index < -0.39 is 0 Å². The Balaban J connectivity index is 2.21. The molecule has 0 fully saturated rings. The Morgan fingerprint density at radius 2 is 2.26 bits per heavy atom. The summed E-state index contributed by atoms with van der Waals surface area (Å²) < 4.78 is 0. The van der Waals surface area contributed by atoms with Gasteiger partial charge in [-0.3, -0.25) is 4.79 Å². The van der Waals surface area contributed by atoms with E-state index in [0.717, 1.165) is 37.9 Å². The SMILES string of the molecule is Cc1cccc2c1N(C(=O)C(C)CCCN)CCC2. The summed E-state index contributed by atoms with van der Waals surface area (Å²) in [5, 5.41) is 0. The van der Waals surface area contributed by atoms with Crippen molar-refractivity contribution >= 4 is 11.6 Å². The van der Waals surface area contributed by atoms with Crippen LogP contribution in [0.2, 0.25) is 0 Å². The largest absolute Gasteiger partial charge is 0.330 e. The number of carbonyl (C=O) groups excluding carboxylic acids is 1. The summed E-state index contributed by atoms with van der Waals surface area (Å²) in [6, 6.07) is 6.32. The second kappa shape index (κ2) is 6.20. The van der Waals surface area contributed by atoms with Gasteiger partial charge in [0.25, 0.3) is 0 Å². The highest BCUT2D eigenvalue weighted by atomic mass is 16.2. The van der Waals surface area contributed by atoms with Gasteiger partial charge in [0.05, 0.1) is 0 Å². The lowest BCUT2D eigenvalue weighted by Crippen LogP contribution is -2.39. The lowest BCUT2D eigenvalue weighted by molar-refractivity contribution is -0.122. The molecule has 1 aliphatic rings. The monoisotopic (exact) mass is 260 g/mol. The van der Waals surface area contributed by atoms with Crippen LogP contribution in [-0.2, 0) is 11.2 Å². The quantitative estimate of drug-likeness (QED) is 0.904. The maximum absolute atomic E-state index is 12.6. The minimum atomic E-state index is 0.0640. The van der Waals surface area contributed by atoms with Gasteiger partial charge in [-0.1, -0.05) is 25.1 Å². The number of rotatable bonds is 4. The van der Waals surface area contributed by atoms with Crippen LogP contribution in [0.15, 0.2) is 18.2 Å². The normalized spacial score (nSPS) is 16.1. The van der Waals surface area contributed by atoms with Crippen LogP contribution >= 0.6 is 0 Å². The number of benzene rings is 1. The van der Waals surface area contributed by atoms with Crippen LogP contribution in [0.5, 0.6) is 0 Å². The van der Waals surface area contributed by atoms with Crippen molar-refractivity contribution in [2.45, 2.75) is 39.5 Å². The van der Waals surface area contributed by atoms with Gasteiger partial charge in [-0.2, -0.15) is 0 Å². The van der Waals surface area contributed by atoms with Crippen molar-refractivity contribution < 1.29 is 4.79 Å². The number of carbonyl (C=O) groups is 1. The first-order chi connectivity index (χ1) is 9.15. The number of hydrogen-bond acceptors (Lipinski definition) is 2. The number of aryl methyl sites for hydroxylation is 2. The topological polar surface area (TPSA) is 46.3 Å². The third kappa shape index (κ3) is 2.98. The van der Waals surface area contributed by atoms with Gasteiger partial charge in [-0.25, -0.2) is 0 Å². The molecule has 0 saturated carbocycles. The van der Waals surface area contributed by atoms with Crippen LogP contribution in [0.1, 0.15) is 37.3 Å². The molecule has 3 heteroatoms. The van der Waals surface area contributed by atoms with Crippen molar-refractivity contribution in [2.75, 3.05) is 18.0 Å². The predicted octanol–water partition coefficient (Wildman–Crippen LogP) is 2.65. The number of para-hydroxylation sites is 1. The minimum Gasteiger partial charge on any atom is -0.330 e. The highest BCUT2D eigenvalue weighted by molar-refractivity contribution is 5.96. The fourth-order valence-electron chi connectivity index (χ4n) is 2.88. The van der Waals surface area contributed by atoms with Gasteiger partial charge >= 0.3 is 0 Å². The zero-order valence-corrected chi connectivity index (χ0v) is 12.0. The smallest absolute Gasteiger partial charge is 0.229 e. The number of anilines is 1. The molecule has 2 rings (SSSR count). The van der Waals surface area contributed by atoms with E-state index in [9.17, 15) is 4.79 Å². The molecule has 1 atom stereocenters. The van der Waals surface area contributed by atoms with Crippen LogP contribution < -0.4 is 10.6 Å². The highest BCUT2D eigenvalue weighted by Gasteiger charge is 2.26. The Bertz CT molecular complexity index is 456. The van der Waals surface area contributed by atoms with Gasteiger partial charge in [-0.15, -0.1) is 0 Å². The van der Waals surface area contributed by atoms with Gasteiger partial charge in [0, 0.05) is 18.2 Å². The third-order valence-corrected chi connectivity index (χ3v) is 3.95. The standard InChI is InChI=1S/C16H24N2O/c1-12-6-3-8-14-9-5-11-18(15(12)14)16(19)13(2)7-4-10-17/h3,6,8,13H,4-5,7,9-11,17H2,1-2H3. The Morgan fingerprint density at radius 3 is 3.00 bits per heavy atom. The molecule has 1 aromatic carbocycles. The van der Waals surface area contributed by atoms with Crippen LogP contribution in [0.4, 0.5) is 5.69 Å². The number of hydrogen-bond donors (Lipinski definition) is 1. The van der Waals surface area contributed by atoms with Crippen molar-refractivity contribution in [2.24, 2.45) is 11.7 Å². The maximum Gasteiger partial charge on any atom is 0.229 e. The fraction of sp³-hybridized carbons (Fsp3) is 0.562. The summed E-state index contributed by atoms with van der Waals surface area (Å²) in [7, 11) is 0. The van der Waals surface area contributed by atoms with Crippen LogP contribution in [-0.4, -0.2) is 19.0 Å². The van der Waals surface area contributed by atoms with Gasteiger partial charge in [0.15, 0.2) is 0 Å². The van der Waals surface area contributed by atoms with Crippen LogP contribution in [0.3, 0.4) is 0 Å². The Labute approximate surface area is 115 Å². The molecule has 0 spiro atoms. The van der Waals surface area contributed by atoms with Crippen molar-refractivity contribution in [1.82, 2.24) is 0 Å². The van der Waals surface area contributed by atoms with Crippen molar-refractivity contribution in [3.8, 4) is 0 Å². The maximum atomic E-state index is 12.6. The van der Waals surface area contributed by atoms with Crippen LogP contribution in [0, 0.1) is 12.8 Å². The Kier molecular flexibility index (Phi) is 4.59. The molecule has 0 bridgehead atoms. The number of nitrogens with zero attached hydrogens (tertiary/aromatic N) is 1. The zero-order valence-electron chi connectivity index (χ0n) is 12.0. The van der Waals surface area contributed by atoms with Gasteiger partial charge < -0.3 is 10.6 Å². The van der Waals surface area contributed by atoms with Crippen molar-refractivity contribution in [3.05, 3.63) is 29.3 Å². The highest BCUT2D eigenvalue weighted by Crippen LogP contribution is 2.31. The third-order valence-electron chi connectivity index (χ3n) is 3.95. The number of nitrogens with two attached hydrogens (primary N) is 1. The predicted molar refractivity (Wildman–Crippen MR) is 79.3 cm³/mol. The Hall–Kier alpha value is -1.35. The molecule has 104 valence electrons. The molecule has 0 saturated heterocycles. The molecule has 0 aliphatic carbocycles. The molecule has 0 radical (unpaired) electrons. The van der Waals surface area contributed by atoms with E-state index in [-0.39, 0.29) is 11.8 Å². The van der Waals surface area contributed by atoms with E-state index in [0.29, 0.717) is 6.54 Å². The summed E-state index contributed by atoms with van der Waals surface area (Å²) in [6.07, 6.45) is 3.94. The van der Waals surface area contributed by atoms with Crippen molar-refractivity contribution in [1.29, 1.82) is 0 Å². The molecule has 1 heterocycles. The molecular formula is C16H24N2O. The van der Waals surface area contributed by atoms with E-state index in [1.165, 1.54) is 11.1 Å². The summed E-state index contributed by atoms with van der Waals surface area (Å²) in [5.41, 5.74) is 9.20. The molecule has 1 unspecified atom stereocenters. The molecule has 1 amide bonds. The van der Waals surface area contributed by atoms with E-state index in [1.807, 2.05) is 11.8 Å². The molecule has 19 heavy (non-hydrogen) atoms. The average molecular weight is 260 g/mol. The van der Waals surface area contributed by atoms with Gasteiger partial charge in [-0.05, 0) is 50.3 Å². The van der Waals surface area contributed by atoms with E-state index in [2.05, 4.69) is 25.1 Å².